The van der Waals surface area contributed by atoms with E-state index in [1.807, 2.05) is 30.3 Å². The van der Waals surface area contributed by atoms with E-state index in [1.165, 1.54) is 41.1 Å². The SMILES string of the molecule is C[C@H]1[C@H]([Si](C)(C)F)[C@@H](CC(=O)N(CCO)Cc2ccccc2)O[C@]12C(=O)N(Cc1ccc(NC(=O)C3CCCNC3)cc1)c1ccc([N+](=O)[O-])cc12. The molecule has 3 aliphatic rings. The number of nitrogens with one attached hydrogen (secondary N) is 2. The summed E-state index contributed by atoms with van der Waals surface area (Å²) in [5, 5.41) is 28.0. The van der Waals surface area contributed by atoms with Crippen LogP contribution in [0.1, 0.15) is 42.9 Å². The number of piperidine rings is 1. The third kappa shape index (κ3) is 7.38. The van der Waals surface area contributed by atoms with Crippen LogP contribution in [0.15, 0.2) is 72.8 Å². The average Bonchev–Trinajstić information content (AvgIpc) is 3.55. The summed E-state index contributed by atoms with van der Waals surface area (Å²) in [4.78, 5) is 55.9. The lowest BCUT2D eigenvalue weighted by Gasteiger charge is -2.31. The predicted octanol–water partition coefficient (Wildman–Crippen LogP) is 5.27. The number of carbonyl (C=O) groups excluding carboxylic acids is 3. The molecule has 6 rings (SSSR count). The lowest BCUT2D eigenvalue weighted by Crippen LogP contribution is -2.45. The number of nitrogens with zero attached hydrogens (tertiary/aromatic N) is 3. The van der Waals surface area contributed by atoms with Gasteiger partial charge in [0.1, 0.15) is 0 Å². The van der Waals surface area contributed by atoms with E-state index >= 15 is 4.11 Å². The van der Waals surface area contributed by atoms with Gasteiger partial charge in [-0.3, -0.25) is 24.5 Å². The van der Waals surface area contributed by atoms with Gasteiger partial charge in [0, 0.05) is 54.5 Å². The first-order valence-corrected chi connectivity index (χ1v) is 20.8. The number of non-ortho nitro benzene ring substituents is 1. The number of fused-ring (bicyclic) bond motifs is 2. The minimum absolute atomic E-state index is 0.0546. The van der Waals surface area contributed by atoms with Crippen LogP contribution in [-0.4, -0.2) is 73.4 Å². The number of benzene rings is 3. The summed E-state index contributed by atoms with van der Waals surface area (Å²) in [6, 6.07) is 20.7. The van der Waals surface area contributed by atoms with Crippen molar-refractivity contribution in [3.63, 3.8) is 0 Å². The van der Waals surface area contributed by atoms with Gasteiger partial charge in [0.25, 0.3) is 11.6 Å². The Morgan fingerprint density at radius 2 is 1.87 bits per heavy atom. The highest BCUT2D eigenvalue weighted by Crippen LogP contribution is 2.60. The summed E-state index contributed by atoms with van der Waals surface area (Å²) in [6.07, 6.45) is 0.532. The zero-order chi connectivity index (χ0) is 37.2. The lowest BCUT2D eigenvalue weighted by molar-refractivity contribution is -0.385. The number of aliphatic hydroxyl groups excluding tert-OH is 1. The minimum atomic E-state index is -3.64. The van der Waals surface area contributed by atoms with E-state index in [9.17, 15) is 29.6 Å². The first-order valence-electron chi connectivity index (χ1n) is 17.8. The number of hydrogen-bond donors (Lipinski definition) is 3. The molecule has 1 spiro atoms. The Balaban J connectivity index is 1.29. The first-order chi connectivity index (χ1) is 24.8. The summed E-state index contributed by atoms with van der Waals surface area (Å²) in [5.41, 5.74) is 0.110. The molecule has 0 bridgehead atoms. The molecule has 276 valence electrons. The van der Waals surface area contributed by atoms with Crippen LogP contribution in [0.5, 0.6) is 0 Å². The molecule has 5 atom stereocenters. The maximum atomic E-state index is 16.4. The molecule has 1 unspecified atom stereocenters. The Morgan fingerprint density at radius 1 is 1.13 bits per heavy atom. The van der Waals surface area contributed by atoms with Crippen LogP contribution in [0.2, 0.25) is 18.6 Å². The van der Waals surface area contributed by atoms with Crippen LogP contribution in [0, 0.1) is 22.0 Å². The number of anilines is 2. The summed E-state index contributed by atoms with van der Waals surface area (Å²) < 4.78 is 23.1. The molecule has 3 amide bonds. The van der Waals surface area contributed by atoms with Crippen LogP contribution in [-0.2, 0) is 37.8 Å². The number of nitro benzene ring substituents is 1. The molecule has 0 saturated carbocycles. The van der Waals surface area contributed by atoms with Crippen molar-refractivity contribution in [3.8, 4) is 0 Å². The van der Waals surface area contributed by atoms with Gasteiger partial charge in [0.05, 0.1) is 42.2 Å². The van der Waals surface area contributed by atoms with Gasteiger partial charge < -0.3 is 34.4 Å². The van der Waals surface area contributed by atoms with Crippen LogP contribution in [0.25, 0.3) is 0 Å². The molecular formula is C38H46FN5O7Si. The molecule has 2 saturated heterocycles. The first kappa shape index (κ1) is 37.3. The van der Waals surface area contributed by atoms with Crippen LogP contribution < -0.4 is 15.5 Å². The molecule has 3 aromatic carbocycles. The normalized spacial score (nSPS) is 24.2. The van der Waals surface area contributed by atoms with Gasteiger partial charge in [0.2, 0.25) is 20.2 Å². The highest BCUT2D eigenvalue weighted by atomic mass is 28.4. The lowest BCUT2D eigenvalue weighted by atomic mass is 9.82. The van der Waals surface area contributed by atoms with E-state index in [1.54, 1.807) is 31.2 Å². The van der Waals surface area contributed by atoms with E-state index in [4.69, 9.17) is 4.74 Å². The van der Waals surface area contributed by atoms with Crippen molar-refractivity contribution in [1.29, 1.82) is 0 Å². The van der Waals surface area contributed by atoms with Crippen molar-refractivity contribution >= 4 is 43.2 Å². The van der Waals surface area contributed by atoms with E-state index in [0.29, 0.717) is 17.9 Å². The highest BCUT2D eigenvalue weighted by molar-refractivity contribution is 6.72. The molecule has 3 heterocycles. The largest absolute Gasteiger partial charge is 0.395 e. The Hall–Kier alpha value is -4.50. The van der Waals surface area contributed by atoms with Crippen molar-refractivity contribution in [2.24, 2.45) is 11.8 Å². The molecule has 14 heteroatoms. The van der Waals surface area contributed by atoms with Crippen LogP contribution in [0.3, 0.4) is 0 Å². The zero-order valence-electron chi connectivity index (χ0n) is 29.7. The van der Waals surface area contributed by atoms with Gasteiger partial charge in [-0.2, -0.15) is 0 Å². The highest BCUT2D eigenvalue weighted by Gasteiger charge is 2.67. The number of halogens is 1. The monoisotopic (exact) mass is 731 g/mol. The third-order valence-electron chi connectivity index (χ3n) is 10.7. The molecule has 3 N–H and O–H groups in total. The van der Waals surface area contributed by atoms with Crippen molar-refractivity contribution in [3.05, 3.63) is 99.6 Å². The number of carbonyl (C=O) groups is 3. The second-order valence-corrected chi connectivity index (χ2v) is 18.4. The van der Waals surface area contributed by atoms with Crippen molar-refractivity contribution < 1.29 is 33.3 Å². The fourth-order valence-electron chi connectivity index (χ4n) is 8.22. The number of nitro groups is 1. The predicted molar refractivity (Wildman–Crippen MR) is 197 cm³/mol. The molecule has 2 fully saturated rings. The second-order valence-electron chi connectivity index (χ2n) is 14.6. The second kappa shape index (κ2) is 15.2. The number of ether oxygens (including phenoxy) is 1. The Kier molecular flexibility index (Phi) is 10.9. The van der Waals surface area contributed by atoms with Crippen molar-refractivity contribution in [2.75, 3.05) is 36.5 Å². The van der Waals surface area contributed by atoms with Gasteiger partial charge >= 0.3 is 0 Å². The Labute approximate surface area is 303 Å². The van der Waals surface area contributed by atoms with Crippen LogP contribution in [0.4, 0.5) is 21.2 Å². The van der Waals surface area contributed by atoms with Crippen molar-refractivity contribution in [1.82, 2.24) is 10.2 Å². The number of aliphatic hydroxyl groups is 1. The third-order valence-corrected chi connectivity index (χ3v) is 13.2. The summed E-state index contributed by atoms with van der Waals surface area (Å²) in [6.45, 7) is 6.44. The maximum Gasteiger partial charge on any atom is 0.269 e. The van der Waals surface area contributed by atoms with Gasteiger partial charge in [-0.15, -0.1) is 0 Å². The summed E-state index contributed by atoms with van der Waals surface area (Å²) in [7, 11) is -3.64. The van der Waals surface area contributed by atoms with Gasteiger partial charge in [-0.05, 0) is 61.8 Å². The van der Waals surface area contributed by atoms with Gasteiger partial charge in [-0.1, -0.05) is 49.4 Å². The molecule has 12 nitrogen and oxygen atoms in total. The Morgan fingerprint density at radius 3 is 2.50 bits per heavy atom. The molecule has 0 aromatic heterocycles. The maximum absolute atomic E-state index is 16.4. The van der Waals surface area contributed by atoms with Crippen LogP contribution >= 0.6 is 0 Å². The van der Waals surface area contributed by atoms with E-state index in [-0.39, 0.29) is 61.6 Å². The minimum Gasteiger partial charge on any atom is -0.395 e. The molecule has 0 aliphatic carbocycles. The molecule has 0 radical (unpaired) electrons. The quantitative estimate of drug-likeness (QED) is 0.0987. The summed E-state index contributed by atoms with van der Waals surface area (Å²) in [5.74, 6) is -1.76. The van der Waals surface area contributed by atoms with Gasteiger partial charge in [-0.25, -0.2) is 0 Å². The molecular weight excluding hydrogens is 686 g/mol. The fraction of sp³-hybridized carbons (Fsp3) is 0.447. The molecule has 3 aliphatic heterocycles. The van der Waals surface area contributed by atoms with Gasteiger partial charge in [0.15, 0.2) is 5.60 Å². The standard InChI is InChI=1S/C38H46FN5O7Si/c1-25-35(52(2,3)39)33(21-34(46)42(18-19-45)23-26-8-5-4-6-9-26)51-38(25)31-20-30(44(49)50)15-16-32(31)43(37(38)48)24-27-11-13-29(14-12-27)41-36(47)28-10-7-17-40-22-28/h4-6,8-9,11-16,20,25,28,33,35,40,45H,7,10,17-19,21-24H2,1-3H3,(H,41,47)/t25-,28?,33+,35-,38+/m0/s1. The van der Waals surface area contributed by atoms with E-state index in [0.717, 1.165) is 30.5 Å². The topological polar surface area (TPSA) is 154 Å². The molecule has 3 aromatic rings. The van der Waals surface area contributed by atoms with E-state index in [2.05, 4.69) is 10.6 Å². The van der Waals surface area contributed by atoms with E-state index < -0.39 is 42.4 Å². The Bertz CT molecular complexity index is 1800. The number of hydrogen-bond acceptors (Lipinski definition) is 8. The number of amides is 3. The smallest absolute Gasteiger partial charge is 0.269 e. The number of rotatable bonds is 12. The zero-order valence-corrected chi connectivity index (χ0v) is 30.7. The van der Waals surface area contributed by atoms with Crippen molar-refractivity contribution in [2.45, 2.75) is 69.6 Å². The fourth-order valence-corrected chi connectivity index (χ4v) is 10.7. The average molecular weight is 732 g/mol. The summed E-state index contributed by atoms with van der Waals surface area (Å²) >= 11 is 0. The molecule has 52 heavy (non-hydrogen) atoms.